The Kier molecular flexibility index (Phi) is 15.9. The molecular weight excluding hydrogens is 801 g/mol. The van der Waals surface area contributed by atoms with E-state index in [1.807, 2.05) is 37.7 Å². The molecule has 5 atom stereocenters. The van der Waals surface area contributed by atoms with Crippen LogP contribution in [0.2, 0.25) is 0 Å². The summed E-state index contributed by atoms with van der Waals surface area (Å²) < 4.78 is 49.7. The Labute approximate surface area is 350 Å². The van der Waals surface area contributed by atoms with Crippen molar-refractivity contribution in [1.82, 2.24) is 30.2 Å². The first kappa shape index (κ1) is 48.0. The van der Waals surface area contributed by atoms with E-state index in [1.165, 1.54) is 51.9 Å². The fourth-order valence-corrected chi connectivity index (χ4v) is 9.19. The second-order valence-corrected chi connectivity index (χ2v) is 20.4. The zero-order valence-corrected chi connectivity index (χ0v) is 36.3. The summed E-state index contributed by atoms with van der Waals surface area (Å²) in [6.07, 6.45) is 8.93. The first-order valence-corrected chi connectivity index (χ1v) is 22.4. The average molecular weight is 862 g/mol. The summed E-state index contributed by atoms with van der Waals surface area (Å²) in [5, 5.41) is 22.2. The molecule has 2 aromatic rings. The highest BCUT2D eigenvalue weighted by Gasteiger charge is 2.66. The van der Waals surface area contributed by atoms with Gasteiger partial charge in [0.05, 0.1) is 33.3 Å². The molecule has 1 aromatic carbocycles. The first-order chi connectivity index (χ1) is 28.1. The number of amides is 4. The lowest BCUT2D eigenvalue weighted by molar-refractivity contribution is -0.136. The topological polar surface area (TPSA) is 232 Å². The zero-order chi connectivity index (χ0) is 44.6. The zero-order valence-electron chi connectivity index (χ0n) is 35.5. The minimum absolute atomic E-state index is 0.109. The molecule has 6 rings (SSSR count). The predicted molar refractivity (Wildman–Crippen MR) is 221 cm³/mol. The number of aryl methyl sites for hydroxylation is 1. The number of fused-ring (bicyclic) bond motifs is 1. The van der Waals surface area contributed by atoms with E-state index in [0.29, 0.717) is 35.5 Å². The molecule has 332 valence electrons. The molecule has 4 amide bonds. The Morgan fingerprint density at radius 2 is 1.78 bits per heavy atom. The van der Waals surface area contributed by atoms with Crippen molar-refractivity contribution in [3.63, 3.8) is 0 Å². The number of nitriles is 1. The van der Waals surface area contributed by atoms with Gasteiger partial charge in [-0.25, -0.2) is 27.0 Å². The van der Waals surface area contributed by atoms with Crippen molar-refractivity contribution < 1.29 is 41.5 Å². The van der Waals surface area contributed by atoms with Gasteiger partial charge < -0.3 is 25.6 Å². The van der Waals surface area contributed by atoms with Crippen LogP contribution < -0.4 is 20.9 Å². The van der Waals surface area contributed by atoms with Crippen molar-refractivity contribution in [2.45, 2.75) is 154 Å². The summed E-state index contributed by atoms with van der Waals surface area (Å²) >= 11 is 0. The van der Waals surface area contributed by atoms with E-state index >= 15 is 0 Å². The number of carboxylic acid groups (broad SMARTS) is 1. The lowest BCUT2D eigenvalue weighted by Gasteiger charge is -2.34. The lowest BCUT2D eigenvalue weighted by atomic mass is 9.85. The van der Waals surface area contributed by atoms with Crippen LogP contribution in [-0.4, -0.2) is 88.0 Å². The van der Waals surface area contributed by atoms with Crippen LogP contribution in [-0.2, 0) is 30.8 Å². The van der Waals surface area contributed by atoms with Crippen LogP contribution in [0.1, 0.15) is 130 Å². The summed E-state index contributed by atoms with van der Waals surface area (Å²) in [7, 11) is -3.90. The molecule has 18 heteroatoms. The van der Waals surface area contributed by atoms with Crippen LogP contribution in [0.15, 0.2) is 23.0 Å². The minimum atomic E-state index is -3.90. The number of aromatic amines is 1. The highest BCUT2D eigenvalue weighted by Crippen LogP contribution is 2.48. The van der Waals surface area contributed by atoms with Crippen LogP contribution in [0.4, 0.5) is 13.6 Å². The summed E-state index contributed by atoms with van der Waals surface area (Å²) in [6.45, 7) is 11.9. The molecule has 2 unspecified atom stereocenters. The van der Waals surface area contributed by atoms with E-state index in [-0.39, 0.29) is 30.3 Å². The number of nitrogens with zero attached hydrogens (tertiary/aromatic N) is 3. The second kappa shape index (κ2) is 19.8. The number of aromatic nitrogens is 2. The molecule has 4 aliphatic rings. The Balaban J connectivity index is 0.000000201. The Hall–Kier alpha value is -4.66. The molecule has 3 aliphatic carbocycles. The molecular formula is C42H61F2N7O8S. The van der Waals surface area contributed by atoms with Crippen molar-refractivity contribution in [3.05, 3.63) is 39.8 Å². The lowest BCUT2D eigenvalue weighted by Crippen LogP contribution is -2.55. The van der Waals surface area contributed by atoms with Gasteiger partial charge in [-0.05, 0) is 87.8 Å². The number of benzene rings is 1. The van der Waals surface area contributed by atoms with E-state index in [1.54, 1.807) is 23.1 Å². The van der Waals surface area contributed by atoms with Gasteiger partial charge in [0.15, 0.2) is 0 Å². The number of alkyl halides is 2. The van der Waals surface area contributed by atoms with Crippen molar-refractivity contribution >= 4 is 45.4 Å². The second-order valence-electron chi connectivity index (χ2n) is 18.2. The number of unbranched alkanes of at least 4 members (excludes halogenated alkanes) is 2. The molecule has 2 heterocycles. The fourth-order valence-electron chi connectivity index (χ4n) is 7.88. The maximum Gasteiger partial charge on any atom is 0.405 e. The number of H-pyrrole nitrogens is 1. The molecule has 3 saturated carbocycles. The maximum absolute atomic E-state index is 12.6. The normalized spacial score (nSPS) is 23.6. The minimum Gasteiger partial charge on any atom is -0.465 e. The maximum atomic E-state index is 12.6. The van der Waals surface area contributed by atoms with Crippen molar-refractivity contribution in [1.29, 1.82) is 5.26 Å². The van der Waals surface area contributed by atoms with E-state index in [4.69, 9.17) is 10.4 Å². The van der Waals surface area contributed by atoms with Crippen LogP contribution in [0.5, 0.6) is 0 Å². The molecule has 0 radical (unpaired) electrons. The monoisotopic (exact) mass is 861 g/mol. The Morgan fingerprint density at radius 1 is 1.12 bits per heavy atom. The number of rotatable bonds is 14. The molecule has 1 aliphatic heterocycles. The molecule has 0 spiro atoms. The van der Waals surface area contributed by atoms with Crippen LogP contribution in [0, 0.1) is 34.5 Å². The highest BCUT2D eigenvalue weighted by molar-refractivity contribution is 7.91. The van der Waals surface area contributed by atoms with Gasteiger partial charge >= 0.3 is 6.09 Å². The van der Waals surface area contributed by atoms with Gasteiger partial charge in [0, 0.05) is 12.6 Å². The molecule has 60 heavy (non-hydrogen) atoms. The Bertz CT molecular complexity index is 2080. The largest absolute Gasteiger partial charge is 0.465 e. The number of likely N-dealkylation sites (tertiary alicyclic amines) is 1. The van der Waals surface area contributed by atoms with Gasteiger partial charge in [-0.3, -0.25) is 23.9 Å². The molecule has 0 bridgehead atoms. The summed E-state index contributed by atoms with van der Waals surface area (Å²) in [4.78, 5) is 66.9. The van der Waals surface area contributed by atoms with E-state index in [9.17, 15) is 41.2 Å². The number of carbonyl (C=O) groups is 4. The van der Waals surface area contributed by atoms with Crippen molar-refractivity contribution in [2.75, 3.05) is 6.54 Å². The summed E-state index contributed by atoms with van der Waals surface area (Å²) in [5.74, 6) is -1.12. The molecule has 1 aromatic heterocycles. The highest BCUT2D eigenvalue weighted by atomic mass is 32.2. The smallest absolute Gasteiger partial charge is 0.405 e. The molecule has 15 nitrogen and oxygen atoms in total. The van der Waals surface area contributed by atoms with E-state index in [0.717, 1.165) is 37.2 Å². The molecule has 4 fully saturated rings. The molecule has 5 N–H and O–H groups in total. The van der Waals surface area contributed by atoms with Crippen molar-refractivity contribution in [3.8, 4) is 6.07 Å². The van der Waals surface area contributed by atoms with E-state index < -0.39 is 56.1 Å². The third-order valence-electron chi connectivity index (χ3n) is 12.6. The number of sulfonamides is 1. The SMILES string of the molecule is CC1(S(=O)(=O)NC(=O)C2(NC=O)CC2C(F)F)CC1.C[C@@H]1CCN(C(=O)[C@@H](NC(=O)O)C(C)(C)C)[C@@H]1C.N#Cc1ccc2nc(CCCCCC3CCCC3)c(=O)[nH]c2c1. The summed E-state index contributed by atoms with van der Waals surface area (Å²) in [5.41, 5.74) is 0.194. The van der Waals surface area contributed by atoms with Gasteiger partial charge in [0.1, 0.15) is 17.3 Å². The number of halogens is 2. The predicted octanol–water partition coefficient (Wildman–Crippen LogP) is 5.77. The van der Waals surface area contributed by atoms with Crippen LogP contribution in [0.3, 0.4) is 0 Å². The van der Waals surface area contributed by atoms with Gasteiger partial charge in [-0.15, -0.1) is 0 Å². The number of hydrogen-bond donors (Lipinski definition) is 5. The molecule has 1 saturated heterocycles. The number of nitrogens with one attached hydrogen (secondary N) is 4. The number of carbonyl (C=O) groups excluding carboxylic acids is 3. The van der Waals surface area contributed by atoms with E-state index in [2.05, 4.69) is 28.3 Å². The standard InChI is InChI=1S/C19H23N3O.C13H24N2O3.C10H14F2N2O4S/c20-13-15-10-11-16-18(12-15)22-19(23)17(21-16)9-3-1-2-6-14-7-4-5-8-14;1-8-6-7-15(9(8)2)11(16)10(13(3,4)5)14-12(17)18;1-9(2-3-9)19(17,18)14-8(16)10(13-5-15)4-6(10)7(11)12/h10-12,14H,1-9H2,(H,22,23);8-10,14H,6-7H2,1-5H3,(H,17,18);5-7H,2-4H2,1H3,(H,13,15)(H,14,16)/t;8-,9-,10-;/m.1./s1. The van der Waals surface area contributed by atoms with Gasteiger partial charge in [-0.1, -0.05) is 72.6 Å². The fraction of sp³-hybridized carbons (Fsp3) is 0.690. The quantitative estimate of drug-likeness (QED) is 0.114. The third kappa shape index (κ3) is 12.0. The number of hydrogen-bond acceptors (Lipinski definition) is 9. The van der Waals surface area contributed by atoms with Crippen LogP contribution in [0.25, 0.3) is 11.0 Å². The van der Waals surface area contributed by atoms with Gasteiger partial charge in [-0.2, -0.15) is 5.26 Å². The van der Waals surface area contributed by atoms with Gasteiger partial charge in [0.25, 0.3) is 11.5 Å². The average Bonchev–Trinajstić information content (AvgIpc) is 4.01. The van der Waals surface area contributed by atoms with Gasteiger partial charge in [0.2, 0.25) is 28.8 Å². The summed E-state index contributed by atoms with van der Waals surface area (Å²) in [6, 6.07) is 6.77. The van der Waals surface area contributed by atoms with Crippen LogP contribution >= 0.6 is 0 Å². The van der Waals surface area contributed by atoms with Crippen molar-refractivity contribution in [2.24, 2.45) is 23.2 Å². The third-order valence-corrected chi connectivity index (χ3v) is 14.7. The Morgan fingerprint density at radius 3 is 2.30 bits per heavy atom. The first-order valence-electron chi connectivity index (χ1n) is 20.9.